The second kappa shape index (κ2) is 6.83. The number of aryl methyl sites for hydroxylation is 1. The van der Waals surface area contributed by atoms with Crippen LogP contribution in [0.1, 0.15) is 62.9 Å². The Morgan fingerprint density at radius 2 is 1.94 bits per heavy atom. The molecule has 5 atom stereocenters. The molecule has 0 amide bonds. The van der Waals surface area contributed by atoms with Gasteiger partial charge in [-0.3, -0.25) is 14.9 Å². The number of aromatic nitrogens is 1. The number of rotatable bonds is 2. The minimum absolute atomic E-state index is 0.0949. The van der Waals surface area contributed by atoms with Crippen molar-refractivity contribution in [2.75, 3.05) is 0 Å². The average Bonchev–Trinajstić information content (AvgIpc) is 3.34. The molecule has 2 saturated carbocycles. The third-order valence-corrected chi connectivity index (χ3v) is 10.5. The van der Waals surface area contributed by atoms with Gasteiger partial charge < -0.3 is 0 Å². The number of hydrogen-bond acceptors (Lipinski definition) is 5. The number of thiazole rings is 1. The van der Waals surface area contributed by atoms with Gasteiger partial charge in [0, 0.05) is 29.5 Å². The number of hydrogen-bond donors (Lipinski definition) is 0. The number of carbonyl (C=O) groups is 1. The fourth-order valence-corrected chi connectivity index (χ4v) is 8.81. The van der Waals surface area contributed by atoms with Crippen LogP contribution in [0.25, 0.3) is 16.1 Å². The Labute approximate surface area is 192 Å². The first-order valence-electron chi connectivity index (χ1n) is 11.8. The van der Waals surface area contributed by atoms with E-state index in [9.17, 15) is 14.9 Å². The molecule has 32 heavy (non-hydrogen) atoms. The monoisotopic (exact) mass is 448 g/mol. The molecule has 0 radical (unpaired) electrons. The van der Waals surface area contributed by atoms with Crippen molar-refractivity contribution in [1.29, 1.82) is 0 Å². The summed E-state index contributed by atoms with van der Waals surface area (Å²) >= 11 is 1.70. The van der Waals surface area contributed by atoms with Crippen molar-refractivity contribution in [2.24, 2.45) is 28.6 Å². The molecule has 0 spiro atoms. The molecule has 1 aromatic carbocycles. The normalized spacial score (nSPS) is 35.4. The zero-order chi connectivity index (χ0) is 22.3. The van der Waals surface area contributed by atoms with E-state index in [2.05, 4.69) is 19.9 Å². The number of nitro groups is 1. The number of Topliss-reactive ketones (excluding diaryl/α,β-unsaturated/α-hetero) is 1. The van der Waals surface area contributed by atoms with Gasteiger partial charge in [-0.2, -0.15) is 0 Å². The zero-order valence-corrected chi connectivity index (χ0v) is 19.4. The summed E-state index contributed by atoms with van der Waals surface area (Å²) in [5.41, 5.74) is 3.57. The second-order valence-electron chi connectivity index (χ2n) is 10.7. The lowest BCUT2D eigenvalue weighted by Crippen LogP contribution is -2.49. The van der Waals surface area contributed by atoms with E-state index in [1.807, 2.05) is 6.07 Å². The predicted octanol–water partition coefficient (Wildman–Crippen LogP) is 6.47. The van der Waals surface area contributed by atoms with E-state index in [1.165, 1.54) is 16.5 Å². The van der Waals surface area contributed by atoms with Crippen LogP contribution in [0.4, 0.5) is 5.69 Å². The first kappa shape index (κ1) is 20.3. The zero-order valence-electron chi connectivity index (χ0n) is 18.6. The fraction of sp³-hybridized carbons (Fsp3) is 0.538. The van der Waals surface area contributed by atoms with Crippen molar-refractivity contribution in [3.8, 4) is 10.6 Å². The molecule has 6 rings (SSSR count). The second-order valence-corrected chi connectivity index (χ2v) is 11.7. The van der Waals surface area contributed by atoms with E-state index in [4.69, 9.17) is 4.98 Å². The Balaban J connectivity index is 1.38. The summed E-state index contributed by atoms with van der Waals surface area (Å²) in [7, 11) is 0. The number of carbonyl (C=O) groups excluding carboxylic acids is 1. The van der Waals surface area contributed by atoms with Crippen LogP contribution in [0.3, 0.4) is 0 Å². The van der Waals surface area contributed by atoms with Crippen molar-refractivity contribution >= 4 is 28.4 Å². The van der Waals surface area contributed by atoms with Crippen LogP contribution in [-0.4, -0.2) is 15.7 Å². The predicted molar refractivity (Wildman–Crippen MR) is 125 cm³/mol. The minimum Gasteiger partial charge on any atom is -0.299 e. The van der Waals surface area contributed by atoms with Crippen LogP contribution in [0.5, 0.6) is 0 Å². The van der Waals surface area contributed by atoms with Gasteiger partial charge in [0.1, 0.15) is 10.8 Å². The summed E-state index contributed by atoms with van der Waals surface area (Å²) in [6.07, 6.45) is 9.59. The SMILES string of the molecule is C[C@]12CCc3nc(-c4cccc([N+](=O)[O-])c4)sc3C1=CC[C@@H]1[C@@H]2CC[C@]2(C)C(=O)CC[C@@H]12. The van der Waals surface area contributed by atoms with Gasteiger partial charge >= 0.3 is 0 Å². The smallest absolute Gasteiger partial charge is 0.270 e. The summed E-state index contributed by atoms with van der Waals surface area (Å²) in [5.74, 6) is 2.27. The van der Waals surface area contributed by atoms with E-state index in [1.54, 1.807) is 23.5 Å². The Morgan fingerprint density at radius 3 is 2.75 bits per heavy atom. The molecule has 1 aromatic heterocycles. The third kappa shape index (κ3) is 2.68. The number of ketones is 1. The number of nitro benzene ring substituents is 1. The van der Waals surface area contributed by atoms with Gasteiger partial charge in [-0.25, -0.2) is 4.98 Å². The van der Waals surface area contributed by atoms with Crippen molar-refractivity contribution in [1.82, 2.24) is 4.98 Å². The molecule has 4 aliphatic carbocycles. The van der Waals surface area contributed by atoms with Gasteiger partial charge in [0.05, 0.1) is 15.5 Å². The highest BCUT2D eigenvalue weighted by Gasteiger charge is 2.58. The van der Waals surface area contributed by atoms with E-state index in [0.29, 0.717) is 23.5 Å². The highest BCUT2D eigenvalue weighted by Crippen LogP contribution is 2.65. The summed E-state index contributed by atoms with van der Waals surface area (Å²) < 4.78 is 0. The van der Waals surface area contributed by atoms with E-state index < -0.39 is 0 Å². The number of nitrogens with zero attached hydrogens (tertiary/aromatic N) is 2. The molecule has 0 bridgehead atoms. The Kier molecular flexibility index (Phi) is 4.33. The molecule has 0 saturated heterocycles. The Hall–Kier alpha value is -2.34. The summed E-state index contributed by atoms with van der Waals surface area (Å²) in [6, 6.07) is 6.82. The molecule has 4 aliphatic rings. The van der Waals surface area contributed by atoms with Crippen molar-refractivity contribution < 1.29 is 9.72 Å². The van der Waals surface area contributed by atoms with Gasteiger partial charge in [0.25, 0.3) is 5.69 Å². The first-order valence-corrected chi connectivity index (χ1v) is 12.6. The molecule has 0 N–H and O–H groups in total. The first-order chi connectivity index (χ1) is 15.3. The highest BCUT2D eigenvalue weighted by atomic mass is 32.1. The molecule has 1 heterocycles. The number of benzene rings is 1. The molecular weight excluding hydrogens is 420 g/mol. The van der Waals surface area contributed by atoms with Gasteiger partial charge in [-0.1, -0.05) is 32.1 Å². The lowest BCUT2D eigenvalue weighted by molar-refractivity contribution is -0.384. The van der Waals surface area contributed by atoms with Gasteiger partial charge in [-0.15, -0.1) is 11.3 Å². The summed E-state index contributed by atoms with van der Waals surface area (Å²) in [6.45, 7) is 4.68. The molecule has 166 valence electrons. The van der Waals surface area contributed by atoms with E-state index in [0.717, 1.165) is 61.2 Å². The van der Waals surface area contributed by atoms with Gasteiger partial charge in [0.2, 0.25) is 0 Å². The van der Waals surface area contributed by atoms with E-state index >= 15 is 0 Å². The van der Waals surface area contributed by atoms with E-state index in [-0.39, 0.29) is 21.4 Å². The van der Waals surface area contributed by atoms with Crippen molar-refractivity contribution in [3.05, 3.63) is 51.0 Å². The Bertz CT molecular complexity index is 1180. The summed E-state index contributed by atoms with van der Waals surface area (Å²) in [4.78, 5) is 29.8. The largest absolute Gasteiger partial charge is 0.299 e. The third-order valence-electron chi connectivity index (χ3n) is 9.30. The van der Waals surface area contributed by atoms with Crippen LogP contribution in [0.15, 0.2) is 30.3 Å². The maximum Gasteiger partial charge on any atom is 0.270 e. The topological polar surface area (TPSA) is 73.1 Å². The van der Waals surface area contributed by atoms with Crippen LogP contribution < -0.4 is 0 Å². The van der Waals surface area contributed by atoms with Crippen LogP contribution in [0.2, 0.25) is 0 Å². The van der Waals surface area contributed by atoms with Crippen LogP contribution >= 0.6 is 11.3 Å². The van der Waals surface area contributed by atoms with Crippen LogP contribution in [-0.2, 0) is 11.2 Å². The quantitative estimate of drug-likeness (QED) is 0.390. The molecule has 6 heteroatoms. The minimum atomic E-state index is -0.345. The number of allylic oxidation sites excluding steroid dienone is 2. The average molecular weight is 449 g/mol. The molecule has 0 unspecified atom stereocenters. The summed E-state index contributed by atoms with van der Waals surface area (Å²) in [5, 5.41) is 12.1. The fourth-order valence-electron chi connectivity index (χ4n) is 7.52. The van der Waals surface area contributed by atoms with Gasteiger partial charge in [0.15, 0.2) is 0 Å². The lowest BCUT2D eigenvalue weighted by Gasteiger charge is -2.55. The molecule has 5 nitrogen and oxygen atoms in total. The molecule has 0 aliphatic heterocycles. The molecule has 2 aromatic rings. The highest BCUT2D eigenvalue weighted by molar-refractivity contribution is 7.16. The maximum atomic E-state index is 12.7. The molecular formula is C26H28N2O3S. The lowest BCUT2D eigenvalue weighted by atomic mass is 9.48. The standard InChI is InChI=1S/C26H28N2O3S/c1-25-13-11-21-23(32-24(27-21)15-4-3-5-16(14-15)28(30)31)20(25)7-6-17-18-8-9-22(29)26(18,2)12-10-19(17)25/h3-5,7,14,17-19H,6,8-13H2,1-2H3/t17-,18-,19-,25+,26-/m0/s1. The number of non-ortho nitro benzene ring substituents is 1. The van der Waals surface area contributed by atoms with Crippen LogP contribution in [0, 0.1) is 38.7 Å². The maximum absolute atomic E-state index is 12.7. The Morgan fingerprint density at radius 1 is 1.12 bits per heavy atom. The number of fused-ring (bicyclic) bond motifs is 7. The van der Waals surface area contributed by atoms with Gasteiger partial charge in [-0.05, 0) is 67.3 Å². The molecule has 2 fully saturated rings. The van der Waals surface area contributed by atoms with Crippen molar-refractivity contribution in [3.63, 3.8) is 0 Å². The van der Waals surface area contributed by atoms with Crippen molar-refractivity contribution in [2.45, 2.75) is 58.8 Å².